The Morgan fingerprint density at radius 2 is 2.23 bits per heavy atom. The summed E-state index contributed by atoms with van der Waals surface area (Å²) < 4.78 is 0. The summed E-state index contributed by atoms with van der Waals surface area (Å²) in [5.74, 6) is 1.61. The molecule has 3 aliphatic carbocycles. The van der Waals surface area contributed by atoms with Crippen molar-refractivity contribution >= 4 is 5.78 Å². The van der Waals surface area contributed by atoms with E-state index in [1.54, 1.807) is 0 Å². The zero-order valence-corrected chi connectivity index (χ0v) is 8.01. The predicted octanol–water partition coefficient (Wildman–Crippen LogP) is 2.71. The maximum absolute atomic E-state index is 11.8. The highest BCUT2D eigenvalue weighted by atomic mass is 16.1. The van der Waals surface area contributed by atoms with Crippen molar-refractivity contribution in [2.45, 2.75) is 38.5 Å². The van der Waals surface area contributed by atoms with Crippen molar-refractivity contribution in [1.29, 1.82) is 0 Å². The third-order valence-electron chi connectivity index (χ3n) is 4.72. The molecule has 3 rings (SSSR count). The number of allylic oxidation sites excluding steroid dienone is 1. The summed E-state index contributed by atoms with van der Waals surface area (Å²) in [5.41, 5.74) is 1.71. The number of carbonyl (C=O) groups is 1. The monoisotopic (exact) mass is 176 g/mol. The molecule has 70 valence electrons. The van der Waals surface area contributed by atoms with E-state index >= 15 is 0 Å². The molecule has 3 aliphatic rings. The van der Waals surface area contributed by atoms with Crippen molar-refractivity contribution in [2.24, 2.45) is 17.3 Å². The SMILES string of the molecule is C=C1CCC2C(=O)CC3CCCC132. The Balaban J connectivity index is 2.10. The molecule has 1 heteroatoms. The molecule has 0 N–H and O–H groups in total. The molecule has 3 atom stereocenters. The number of Topliss-reactive ketones (excluding diaryl/α,β-unsaturated/α-hetero) is 1. The molecule has 0 heterocycles. The van der Waals surface area contributed by atoms with E-state index in [-0.39, 0.29) is 0 Å². The van der Waals surface area contributed by atoms with Gasteiger partial charge in [0.25, 0.3) is 0 Å². The average molecular weight is 176 g/mol. The highest BCUT2D eigenvalue weighted by Crippen LogP contribution is 2.65. The number of hydrogen-bond donors (Lipinski definition) is 0. The van der Waals surface area contributed by atoms with Gasteiger partial charge in [0, 0.05) is 17.8 Å². The van der Waals surface area contributed by atoms with Crippen LogP contribution in [-0.2, 0) is 4.79 Å². The number of hydrogen-bond acceptors (Lipinski definition) is 1. The van der Waals surface area contributed by atoms with Crippen molar-refractivity contribution in [1.82, 2.24) is 0 Å². The molecule has 13 heavy (non-hydrogen) atoms. The summed E-state index contributed by atoms with van der Waals surface area (Å²) in [6.07, 6.45) is 6.95. The maximum atomic E-state index is 11.8. The molecule has 0 aromatic rings. The molecule has 0 amide bonds. The Bertz CT molecular complexity index is 291. The largest absolute Gasteiger partial charge is 0.299 e. The van der Waals surface area contributed by atoms with E-state index in [1.165, 1.54) is 24.8 Å². The third-order valence-corrected chi connectivity index (χ3v) is 4.72. The fourth-order valence-electron chi connectivity index (χ4n) is 4.20. The molecular weight excluding hydrogens is 160 g/mol. The number of carbonyl (C=O) groups excluding carboxylic acids is 1. The van der Waals surface area contributed by atoms with Crippen LogP contribution in [0.3, 0.4) is 0 Å². The van der Waals surface area contributed by atoms with E-state index in [1.807, 2.05) is 0 Å². The van der Waals surface area contributed by atoms with E-state index in [2.05, 4.69) is 6.58 Å². The first-order valence-corrected chi connectivity index (χ1v) is 5.46. The van der Waals surface area contributed by atoms with Crippen LogP contribution in [0.5, 0.6) is 0 Å². The molecule has 3 unspecified atom stereocenters. The van der Waals surface area contributed by atoms with Crippen LogP contribution >= 0.6 is 0 Å². The Hall–Kier alpha value is -0.590. The van der Waals surface area contributed by atoms with Crippen LogP contribution in [-0.4, -0.2) is 5.78 Å². The molecule has 0 aromatic carbocycles. The molecule has 1 nitrogen and oxygen atoms in total. The normalized spacial score (nSPS) is 48.3. The van der Waals surface area contributed by atoms with Gasteiger partial charge in [0.1, 0.15) is 5.78 Å². The number of rotatable bonds is 0. The van der Waals surface area contributed by atoms with Crippen LogP contribution in [0, 0.1) is 17.3 Å². The van der Waals surface area contributed by atoms with Gasteiger partial charge in [0.2, 0.25) is 0 Å². The van der Waals surface area contributed by atoms with Gasteiger partial charge in [-0.05, 0) is 31.6 Å². The predicted molar refractivity (Wildman–Crippen MR) is 51.3 cm³/mol. The lowest BCUT2D eigenvalue weighted by Crippen LogP contribution is -2.25. The molecule has 0 saturated heterocycles. The second kappa shape index (κ2) is 2.26. The van der Waals surface area contributed by atoms with Crippen molar-refractivity contribution in [3.63, 3.8) is 0 Å². The van der Waals surface area contributed by atoms with Gasteiger partial charge in [-0.25, -0.2) is 0 Å². The van der Waals surface area contributed by atoms with E-state index in [4.69, 9.17) is 0 Å². The quantitative estimate of drug-likeness (QED) is 0.519. The van der Waals surface area contributed by atoms with E-state index in [0.717, 1.165) is 19.3 Å². The van der Waals surface area contributed by atoms with Gasteiger partial charge in [-0.15, -0.1) is 0 Å². The van der Waals surface area contributed by atoms with Crippen LogP contribution in [0.25, 0.3) is 0 Å². The van der Waals surface area contributed by atoms with Crippen molar-refractivity contribution < 1.29 is 4.79 Å². The minimum absolute atomic E-state index is 0.303. The second-order valence-corrected chi connectivity index (χ2v) is 4.99. The van der Waals surface area contributed by atoms with Crippen LogP contribution < -0.4 is 0 Å². The Kier molecular flexibility index (Phi) is 1.35. The second-order valence-electron chi connectivity index (χ2n) is 4.99. The lowest BCUT2D eigenvalue weighted by molar-refractivity contribution is -0.121. The van der Waals surface area contributed by atoms with Gasteiger partial charge in [-0.3, -0.25) is 4.79 Å². The average Bonchev–Trinajstić information content (AvgIpc) is 2.67. The fraction of sp³-hybridized carbons (Fsp3) is 0.750. The first-order valence-electron chi connectivity index (χ1n) is 5.46. The smallest absolute Gasteiger partial charge is 0.137 e. The maximum Gasteiger partial charge on any atom is 0.137 e. The fourth-order valence-corrected chi connectivity index (χ4v) is 4.20. The molecule has 0 bridgehead atoms. The standard InChI is InChI=1S/C12H16O/c1-8-4-5-10-11(13)7-9-3-2-6-12(8,9)10/h9-10H,1-7H2. The lowest BCUT2D eigenvalue weighted by atomic mass is 9.73. The highest BCUT2D eigenvalue weighted by molar-refractivity contribution is 5.86. The van der Waals surface area contributed by atoms with E-state index in [0.29, 0.717) is 23.0 Å². The molecule has 0 radical (unpaired) electrons. The minimum Gasteiger partial charge on any atom is -0.299 e. The summed E-state index contributed by atoms with van der Waals surface area (Å²) in [6.45, 7) is 4.21. The molecule has 1 spiro atoms. The molecule has 3 saturated carbocycles. The van der Waals surface area contributed by atoms with Crippen LogP contribution in [0.2, 0.25) is 0 Å². The Morgan fingerprint density at radius 1 is 1.38 bits per heavy atom. The number of ketones is 1. The minimum atomic E-state index is 0.303. The summed E-state index contributed by atoms with van der Waals surface area (Å²) in [7, 11) is 0. The van der Waals surface area contributed by atoms with Gasteiger partial charge in [0.05, 0.1) is 0 Å². The first kappa shape index (κ1) is 7.78. The molecule has 0 aromatic heterocycles. The van der Waals surface area contributed by atoms with E-state index < -0.39 is 0 Å². The molecular formula is C12H16O. The Morgan fingerprint density at radius 3 is 3.08 bits per heavy atom. The van der Waals surface area contributed by atoms with Crippen molar-refractivity contribution in [3.05, 3.63) is 12.2 Å². The van der Waals surface area contributed by atoms with Gasteiger partial charge < -0.3 is 0 Å². The summed E-state index contributed by atoms with van der Waals surface area (Å²) >= 11 is 0. The molecule has 3 fully saturated rings. The van der Waals surface area contributed by atoms with Gasteiger partial charge in [-0.1, -0.05) is 18.6 Å². The summed E-state index contributed by atoms with van der Waals surface area (Å²) in [5, 5.41) is 0. The van der Waals surface area contributed by atoms with E-state index in [9.17, 15) is 4.79 Å². The summed E-state index contributed by atoms with van der Waals surface area (Å²) in [6, 6.07) is 0. The first-order chi connectivity index (χ1) is 6.25. The molecule has 0 aliphatic heterocycles. The van der Waals surface area contributed by atoms with Gasteiger partial charge in [-0.2, -0.15) is 0 Å². The zero-order chi connectivity index (χ0) is 9.05. The van der Waals surface area contributed by atoms with Gasteiger partial charge >= 0.3 is 0 Å². The summed E-state index contributed by atoms with van der Waals surface area (Å²) in [4.78, 5) is 11.8. The van der Waals surface area contributed by atoms with Crippen molar-refractivity contribution in [3.8, 4) is 0 Å². The lowest BCUT2D eigenvalue weighted by Gasteiger charge is -2.29. The topological polar surface area (TPSA) is 17.1 Å². The highest BCUT2D eigenvalue weighted by Gasteiger charge is 2.60. The van der Waals surface area contributed by atoms with Crippen LogP contribution in [0.1, 0.15) is 38.5 Å². The Labute approximate surface area is 79.2 Å². The van der Waals surface area contributed by atoms with Gasteiger partial charge in [0.15, 0.2) is 0 Å². The van der Waals surface area contributed by atoms with Crippen LogP contribution in [0.4, 0.5) is 0 Å². The van der Waals surface area contributed by atoms with Crippen molar-refractivity contribution in [2.75, 3.05) is 0 Å². The zero-order valence-electron chi connectivity index (χ0n) is 8.01. The van der Waals surface area contributed by atoms with Crippen LogP contribution in [0.15, 0.2) is 12.2 Å². The third kappa shape index (κ3) is 0.722.